The third-order valence-electron chi connectivity index (χ3n) is 2.62. The lowest BCUT2D eigenvalue weighted by Gasteiger charge is -2.27. The maximum absolute atomic E-state index is 12.4. The molecule has 0 saturated carbocycles. The maximum Gasteiger partial charge on any atom is 0.255 e. The van der Waals surface area contributed by atoms with E-state index < -0.39 is 0 Å². The highest BCUT2D eigenvalue weighted by Crippen LogP contribution is 2.20. The summed E-state index contributed by atoms with van der Waals surface area (Å²) in [6, 6.07) is 5.61. The molecule has 1 aromatic rings. The van der Waals surface area contributed by atoms with Gasteiger partial charge in [-0.25, -0.2) is 0 Å². The summed E-state index contributed by atoms with van der Waals surface area (Å²) >= 11 is 0. The fraction of sp³-hybridized carbons (Fsp3) is 0.500. The van der Waals surface area contributed by atoms with E-state index in [1.54, 1.807) is 4.90 Å². The van der Waals surface area contributed by atoms with Gasteiger partial charge in [0.05, 0.1) is 11.3 Å². The summed E-state index contributed by atoms with van der Waals surface area (Å²) in [7, 11) is 1.82. The molecule has 1 aromatic carbocycles. The standard InChI is InChI=1S/C14H23N3O/c1-10-6-7-12(16-15)11(8-10)13(18)17(5)9-14(2,3)4/h6-8,16H,9,15H2,1-5H3. The van der Waals surface area contributed by atoms with E-state index in [-0.39, 0.29) is 11.3 Å². The van der Waals surface area contributed by atoms with Crippen LogP contribution in [0.25, 0.3) is 0 Å². The van der Waals surface area contributed by atoms with Crippen LogP contribution in [0.3, 0.4) is 0 Å². The number of rotatable bonds is 3. The number of aryl methyl sites for hydroxylation is 1. The first kappa shape index (κ1) is 14.5. The van der Waals surface area contributed by atoms with Crippen molar-refractivity contribution in [3.63, 3.8) is 0 Å². The first-order valence-corrected chi connectivity index (χ1v) is 6.07. The number of nitrogen functional groups attached to an aromatic ring is 1. The molecule has 100 valence electrons. The van der Waals surface area contributed by atoms with Crippen LogP contribution in [-0.2, 0) is 0 Å². The van der Waals surface area contributed by atoms with Crippen LogP contribution in [0.5, 0.6) is 0 Å². The molecule has 0 spiro atoms. The molecule has 0 aliphatic rings. The van der Waals surface area contributed by atoms with Crippen molar-refractivity contribution in [2.45, 2.75) is 27.7 Å². The summed E-state index contributed by atoms with van der Waals surface area (Å²) < 4.78 is 0. The van der Waals surface area contributed by atoms with E-state index in [1.165, 1.54) is 0 Å². The zero-order valence-corrected chi connectivity index (χ0v) is 11.9. The molecule has 3 N–H and O–H groups in total. The van der Waals surface area contributed by atoms with Crippen molar-refractivity contribution in [3.8, 4) is 0 Å². The first-order valence-electron chi connectivity index (χ1n) is 6.07. The fourth-order valence-electron chi connectivity index (χ4n) is 1.95. The van der Waals surface area contributed by atoms with Crippen LogP contribution < -0.4 is 11.3 Å². The predicted octanol–water partition coefficient (Wildman–Crippen LogP) is 2.40. The minimum absolute atomic E-state index is 0.0124. The number of hydrogen-bond acceptors (Lipinski definition) is 3. The van der Waals surface area contributed by atoms with Crippen molar-refractivity contribution >= 4 is 11.6 Å². The largest absolute Gasteiger partial charge is 0.341 e. The molecule has 0 heterocycles. The number of nitrogens with two attached hydrogens (primary N) is 1. The van der Waals surface area contributed by atoms with E-state index in [0.29, 0.717) is 17.8 Å². The van der Waals surface area contributed by atoms with E-state index in [9.17, 15) is 4.79 Å². The molecule has 4 nitrogen and oxygen atoms in total. The molecule has 4 heteroatoms. The van der Waals surface area contributed by atoms with E-state index in [1.807, 2.05) is 32.2 Å². The van der Waals surface area contributed by atoms with Gasteiger partial charge in [0, 0.05) is 13.6 Å². The number of nitrogens with zero attached hydrogens (tertiary/aromatic N) is 1. The number of nitrogens with one attached hydrogen (secondary N) is 1. The van der Waals surface area contributed by atoms with Crippen LogP contribution in [-0.4, -0.2) is 24.4 Å². The van der Waals surface area contributed by atoms with Crippen molar-refractivity contribution in [1.82, 2.24) is 4.90 Å². The van der Waals surface area contributed by atoms with Crippen LogP contribution >= 0.6 is 0 Å². The van der Waals surface area contributed by atoms with Crippen LogP contribution in [0.4, 0.5) is 5.69 Å². The zero-order chi connectivity index (χ0) is 13.9. The average Bonchev–Trinajstić information content (AvgIpc) is 2.25. The molecule has 0 atom stereocenters. The summed E-state index contributed by atoms with van der Waals surface area (Å²) in [4.78, 5) is 14.1. The molecule has 1 rings (SSSR count). The Kier molecular flexibility index (Phi) is 4.35. The van der Waals surface area contributed by atoms with E-state index in [4.69, 9.17) is 5.84 Å². The lowest BCUT2D eigenvalue weighted by Crippen LogP contribution is -2.35. The average molecular weight is 249 g/mol. The molecule has 0 aromatic heterocycles. The van der Waals surface area contributed by atoms with Crippen molar-refractivity contribution in [2.75, 3.05) is 19.0 Å². The molecule has 0 bridgehead atoms. The second kappa shape index (κ2) is 5.40. The number of carbonyl (C=O) groups excluding carboxylic acids is 1. The summed E-state index contributed by atoms with van der Waals surface area (Å²) in [5.41, 5.74) is 4.96. The number of hydrogen-bond donors (Lipinski definition) is 2. The van der Waals surface area contributed by atoms with Crippen molar-refractivity contribution in [2.24, 2.45) is 11.3 Å². The van der Waals surface area contributed by atoms with E-state index >= 15 is 0 Å². The molecule has 1 amide bonds. The quantitative estimate of drug-likeness (QED) is 0.639. The Morgan fingerprint density at radius 2 is 2.00 bits per heavy atom. The normalized spacial score (nSPS) is 11.2. The summed E-state index contributed by atoms with van der Waals surface area (Å²) in [5, 5.41) is 0. The van der Waals surface area contributed by atoms with Gasteiger partial charge in [0.15, 0.2) is 0 Å². The number of amides is 1. The lowest BCUT2D eigenvalue weighted by molar-refractivity contribution is 0.0746. The van der Waals surface area contributed by atoms with Gasteiger partial charge in [0.2, 0.25) is 0 Å². The number of benzene rings is 1. The minimum atomic E-state index is -0.0124. The highest BCUT2D eigenvalue weighted by atomic mass is 16.2. The van der Waals surface area contributed by atoms with E-state index in [2.05, 4.69) is 26.2 Å². The lowest BCUT2D eigenvalue weighted by atomic mass is 9.96. The molecule has 0 aliphatic heterocycles. The highest BCUT2D eigenvalue weighted by molar-refractivity contribution is 5.99. The predicted molar refractivity (Wildman–Crippen MR) is 75.4 cm³/mol. The second-order valence-corrected chi connectivity index (χ2v) is 5.92. The van der Waals surface area contributed by atoms with Gasteiger partial charge in [-0.05, 0) is 24.5 Å². The molecule has 0 radical (unpaired) electrons. The Morgan fingerprint density at radius 1 is 1.39 bits per heavy atom. The Labute approximate surface area is 109 Å². The summed E-state index contributed by atoms with van der Waals surface area (Å²) in [5.74, 6) is 5.43. The van der Waals surface area contributed by atoms with Crippen LogP contribution in [0.15, 0.2) is 18.2 Å². The molecule has 0 unspecified atom stereocenters. The van der Waals surface area contributed by atoms with Gasteiger partial charge >= 0.3 is 0 Å². The smallest absolute Gasteiger partial charge is 0.255 e. The summed E-state index contributed by atoms with van der Waals surface area (Å²) in [6.07, 6.45) is 0. The van der Waals surface area contributed by atoms with Crippen molar-refractivity contribution in [1.29, 1.82) is 0 Å². The SMILES string of the molecule is Cc1ccc(NN)c(C(=O)N(C)CC(C)(C)C)c1. The van der Waals surface area contributed by atoms with Gasteiger partial charge in [0.25, 0.3) is 5.91 Å². The molecule has 0 saturated heterocycles. The van der Waals surface area contributed by atoms with Gasteiger partial charge in [-0.15, -0.1) is 0 Å². The van der Waals surface area contributed by atoms with Crippen molar-refractivity contribution in [3.05, 3.63) is 29.3 Å². The van der Waals surface area contributed by atoms with Gasteiger partial charge in [-0.2, -0.15) is 0 Å². The third kappa shape index (κ3) is 3.74. The monoisotopic (exact) mass is 249 g/mol. The van der Waals surface area contributed by atoms with Gasteiger partial charge in [0.1, 0.15) is 0 Å². The molecule has 0 fully saturated rings. The van der Waals surface area contributed by atoms with Gasteiger partial charge in [-0.1, -0.05) is 32.4 Å². The van der Waals surface area contributed by atoms with Crippen LogP contribution in [0.2, 0.25) is 0 Å². The van der Waals surface area contributed by atoms with Gasteiger partial charge < -0.3 is 10.3 Å². The summed E-state index contributed by atoms with van der Waals surface area (Å²) in [6.45, 7) is 8.98. The molecular weight excluding hydrogens is 226 g/mol. The fourth-order valence-corrected chi connectivity index (χ4v) is 1.95. The molecular formula is C14H23N3O. The van der Waals surface area contributed by atoms with Crippen LogP contribution in [0, 0.1) is 12.3 Å². The minimum Gasteiger partial charge on any atom is -0.341 e. The Balaban J connectivity index is 2.99. The number of anilines is 1. The second-order valence-electron chi connectivity index (χ2n) is 5.92. The Hall–Kier alpha value is -1.55. The maximum atomic E-state index is 12.4. The molecule has 0 aliphatic carbocycles. The first-order chi connectivity index (χ1) is 8.24. The Morgan fingerprint density at radius 3 is 2.50 bits per heavy atom. The van der Waals surface area contributed by atoms with Crippen LogP contribution in [0.1, 0.15) is 36.7 Å². The Bertz CT molecular complexity index is 435. The zero-order valence-electron chi connectivity index (χ0n) is 11.9. The topological polar surface area (TPSA) is 58.4 Å². The number of carbonyl (C=O) groups is 1. The molecule has 18 heavy (non-hydrogen) atoms. The van der Waals surface area contributed by atoms with Gasteiger partial charge in [-0.3, -0.25) is 10.6 Å². The third-order valence-corrected chi connectivity index (χ3v) is 2.62. The van der Waals surface area contributed by atoms with E-state index in [0.717, 1.165) is 5.56 Å². The van der Waals surface area contributed by atoms with Crippen molar-refractivity contribution < 1.29 is 4.79 Å². The highest BCUT2D eigenvalue weighted by Gasteiger charge is 2.20. The number of hydrazine groups is 1.